The van der Waals surface area contributed by atoms with Gasteiger partial charge in [-0.1, -0.05) is 30.3 Å². The molecular formula is C22H20ClFN6O2. The number of alkyl halides is 1. The van der Waals surface area contributed by atoms with Crippen molar-refractivity contribution < 1.29 is 14.0 Å². The predicted molar refractivity (Wildman–Crippen MR) is 124 cm³/mol. The number of hydrogen-bond acceptors (Lipinski definition) is 6. The zero-order chi connectivity index (χ0) is 23.1. The number of hydrogen-bond donors (Lipinski definition) is 4. The molecule has 0 spiro atoms. The molecule has 1 heterocycles. The van der Waals surface area contributed by atoms with Crippen LogP contribution in [0.25, 0.3) is 0 Å². The Kier molecular flexibility index (Phi) is 7.35. The lowest BCUT2D eigenvalue weighted by atomic mass is 10.1. The molecule has 0 fully saturated rings. The van der Waals surface area contributed by atoms with Crippen LogP contribution in [0, 0.1) is 0 Å². The summed E-state index contributed by atoms with van der Waals surface area (Å²) in [5.74, 6) is -0.165. The molecule has 2 aromatic carbocycles. The standard InChI is InChI=1S/C22H20ClFN6O2/c1-3-20(32)27-18-6-4-5-7-19(18)28-21-16(23)12-25-22(30-21)29-17-9-8-15(26-13(2)31)10-14(17)11-24/h3-10,12H,1,11H2,2H3,(H,26,31)(H,27,32)(H2,25,28,29,30). The molecule has 0 aliphatic rings. The van der Waals surface area contributed by atoms with Gasteiger partial charge in [0.1, 0.15) is 11.7 Å². The Morgan fingerprint density at radius 3 is 2.53 bits per heavy atom. The first-order valence-corrected chi connectivity index (χ1v) is 9.83. The maximum atomic E-state index is 13.5. The van der Waals surface area contributed by atoms with Crippen LogP contribution in [0.5, 0.6) is 0 Å². The maximum absolute atomic E-state index is 13.5. The molecule has 0 unspecified atom stereocenters. The second-order valence-electron chi connectivity index (χ2n) is 6.57. The van der Waals surface area contributed by atoms with Gasteiger partial charge >= 0.3 is 0 Å². The van der Waals surface area contributed by atoms with E-state index in [2.05, 4.69) is 37.8 Å². The van der Waals surface area contributed by atoms with Crippen LogP contribution in [0.3, 0.4) is 0 Å². The van der Waals surface area contributed by atoms with Gasteiger partial charge in [-0.25, -0.2) is 9.37 Å². The average Bonchev–Trinajstić information content (AvgIpc) is 2.77. The second kappa shape index (κ2) is 10.4. The highest BCUT2D eigenvalue weighted by Crippen LogP contribution is 2.30. The van der Waals surface area contributed by atoms with Crippen LogP contribution in [0.1, 0.15) is 12.5 Å². The van der Waals surface area contributed by atoms with Crippen molar-refractivity contribution in [3.05, 3.63) is 71.9 Å². The average molecular weight is 455 g/mol. The lowest BCUT2D eigenvalue weighted by Gasteiger charge is -2.14. The molecule has 164 valence electrons. The number of aromatic nitrogens is 2. The van der Waals surface area contributed by atoms with Gasteiger partial charge < -0.3 is 21.3 Å². The van der Waals surface area contributed by atoms with E-state index in [1.807, 2.05) is 0 Å². The summed E-state index contributed by atoms with van der Waals surface area (Å²) in [5.41, 5.74) is 2.30. The van der Waals surface area contributed by atoms with Gasteiger partial charge in [0, 0.05) is 23.9 Å². The normalized spacial score (nSPS) is 10.2. The number of halogens is 2. The SMILES string of the molecule is C=CC(=O)Nc1ccccc1Nc1nc(Nc2ccc(NC(C)=O)cc2CF)ncc1Cl. The van der Waals surface area contributed by atoms with Gasteiger partial charge in [-0.3, -0.25) is 9.59 Å². The quantitative estimate of drug-likeness (QED) is 0.350. The first-order chi connectivity index (χ1) is 15.4. The number of nitrogens with one attached hydrogen (secondary N) is 4. The zero-order valence-corrected chi connectivity index (χ0v) is 17.8. The fourth-order valence-electron chi connectivity index (χ4n) is 2.76. The van der Waals surface area contributed by atoms with Crippen molar-refractivity contribution in [1.29, 1.82) is 0 Å². The van der Waals surface area contributed by atoms with E-state index in [1.165, 1.54) is 19.2 Å². The summed E-state index contributed by atoms with van der Waals surface area (Å²) in [6.07, 6.45) is 2.56. The predicted octanol–water partition coefficient (Wildman–Crippen LogP) is 5.17. The Labute approximate surface area is 188 Å². The number of carbonyl (C=O) groups is 2. The Bertz CT molecular complexity index is 1170. The fourth-order valence-corrected chi connectivity index (χ4v) is 2.89. The van der Waals surface area contributed by atoms with E-state index in [0.29, 0.717) is 28.3 Å². The van der Waals surface area contributed by atoms with E-state index in [-0.39, 0.29) is 28.6 Å². The number of benzene rings is 2. The first-order valence-electron chi connectivity index (χ1n) is 9.45. The summed E-state index contributed by atoms with van der Waals surface area (Å²) in [4.78, 5) is 31.4. The van der Waals surface area contributed by atoms with Crippen molar-refractivity contribution in [1.82, 2.24) is 9.97 Å². The molecule has 8 nitrogen and oxygen atoms in total. The van der Waals surface area contributed by atoms with Gasteiger partial charge in [0.25, 0.3) is 0 Å². The maximum Gasteiger partial charge on any atom is 0.247 e. The number of carbonyl (C=O) groups excluding carboxylic acids is 2. The third kappa shape index (κ3) is 5.79. The van der Waals surface area contributed by atoms with Crippen molar-refractivity contribution >= 4 is 57.9 Å². The largest absolute Gasteiger partial charge is 0.337 e. The third-order valence-electron chi connectivity index (χ3n) is 4.18. The van der Waals surface area contributed by atoms with Crippen molar-refractivity contribution in [2.75, 3.05) is 21.3 Å². The number of rotatable bonds is 8. The summed E-state index contributed by atoms with van der Waals surface area (Å²) in [6.45, 7) is 4.05. The van der Waals surface area contributed by atoms with E-state index < -0.39 is 6.67 Å². The molecule has 0 saturated heterocycles. The molecule has 10 heteroatoms. The van der Waals surface area contributed by atoms with Gasteiger partial charge in [0.05, 0.1) is 17.6 Å². The second-order valence-corrected chi connectivity index (χ2v) is 6.97. The molecule has 0 atom stereocenters. The van der Waals surface area contributed by atoms with Gasteiger partial charge in [0.15, 0.2) is 5.82 Å². The van der Waals surface area contributed by atoms with Gasteiger partial charge in [0.2, 0.25) is 17.8 Å². The topological polar surface area (TPSA) is 108 Å². The molecule has 0 aliphatic carbocycles. The van der Waals surface area contributed by atoms with E-state index in [1.54, 1.807) is 36.4 Å². The van der Waals surface area contributed by atoms with Crippen LogP contribution in [0.15, 0.2) is 61.3 Å². The number of nitrogens with zero attached hydrogens (tertiary/aromatic N) is 2. The molecule has 0 bridgehead atoms. The summed E-state index contributed by atoms with van der Waals surface area (Å²) in [6, 6.07) is 11.8. The molecule has 2 amide bonds. The molecule has 1 aromatic heterocycles. The van der Waals surface area contributed by atoms with Crippen LogP contribution in [-0.4, -0.2) is 21.8 Å². The Hall–Kier alpha value is -3.98. The van der Waals surface area contributed by atoms with Gasteiger partial charge in [-0.05, 0) is 36.4 Å². The Morgan fingerprint density at radius 1 is 1.09 bits per heavy atom. The van der Waals surface area contributed by atoms with E-state index in [0.717, 1.165) is 6.08 Å². The van der Waals surface area contributed by atoms with Crippen molar-refractivity contribution in [3.8, 4) is 0 Å². The molecule has 0 aliphatic heterocycles. The van der Waals surface area contributed by atoms with Gasteiger partial charge in [-0.2, -0.15) is 4.98 Å². The summed E-state index contributed by atoms with van der Waals surface area (Å²) < 4.78 is 13.5. The lowest BCUT2D eigenvalue weighted by molar-refractivity contribution is -0.114. The van der Waals surface area contributed by atoms with Crippen molar-refractivity contribution in [2.45, 2.75) is 13.6 Å². The molecular weight excluding hydrogens is 435 g/mol. The van der Waals surface area contributed by atoms with Gasteiger partial charge in [-0.15, -0.1) is 0 Å². The summed E-state index contributed by atoms with van der Waals surface area (Å²) in [7, 11) is 0. The zero-order valence-electron chi connectivity index (χ0n) is 17.1. The summed E-state index contributed by atoms with van der Waals surface area (Å²) >= 11 is 6.24. The van der Waals surface area contributed by atoms with E-state index >= 15 is 0 Å². The molecule has 0 saturated carbocycles. The lowest BCUT2D eigenvalue weighted by Crippen LogP contribution is -2.10. The van der Waals surface area contributed by atoms with Crippen molar-refractivity contribution in [2.24, 2.45) is 0 Å². The highest BCUT2D eigenvalue weighted by Gasteiger charge is 2.12. The minimum atomic E-state index is -0.759. The third-order valence-corrected chi connectivity index (χ3v) is 4.46. The minimum absolute atomic E-state index is 0.173. The van der Waals surface area contributed by atoms with Crippen molar-refractivity contribution in [3.63, 3.8) is 0 Å². The van der Waals surface area contributed by atoms with E-state index in [9.17, 15) is 14.0 Å². The minimum Gasteiger partial charge on any atom is -0.337 e. The summed E-state index contributed by atoms with van der Waals surface area (Å²) in [5, 5.41) is 11.6. The number of para-hydroxylation sites is 2. The van der Waals surface area contributed by atoms with Crippen LogP contribution < -0.4 is 21.3 Å². The van der Waals surface area contributed by atoms with Crippen LogP contribution in [0.2, 0.25) is 5.02 Å². The molecule has 3 rings (SSSR count). The van der Waals surface area contributed by atoms with Crippen LogP contribution in [-0.2, 0) is 16.3 Å². The smallest absolute Gasteiger partial charge is 0.247 e. The van der Waals surface area contributed by atoms with Crippen LogP contribution >= 0.6 is 11.6 Å². The number of anilines is 6. The molecule has 4 N–H and O–H groups in total. The highest BCUT2D eigenvalue weighted by molar-refractivity contribution is 6.33. The molecule has 3 aromatic rings. The van der Waals surface area contributed by atoms with E-state index in [4.69, 9.17) is 11.6 Å². The molecule has 32 heavy (non-hydrogen) atoms. The van der Waals surface area contributed by atoms with Crippen LogP contribution in [0.4, 0.5) is 38.9 Å². The highest BCUT2D eigenvalue weighted by atomic mass is 35.5. The Balaban J connectivity index is 1.85. The number of amides is 2. The molecule has 0 radical (unpaired) electrons. The fraction of sp³-hybridized carbons (Fsp3) is 0.0909. The Morgan fingerprint density at radius 2 is 1.84 bits per heavy atom. The first kappa shape index (κ1) is 22.7. The monoisotopic (exact) mass is 454 g/mol.